The highest BCUT2D eigenvalue weighted by molar-refractivity contribution is 5.94. The van der Waals surface area contributed by atoms with Gasteiger partial charge in [-0.05, 0) is 20.3 Å². The van der Waals surface area contributed by atoms with Crippen molar-refractivity contribution in [1.82, 2.24) is 25.3 Å². The third kappa shape index (κ3) is 3.01. The standard InChI is InChI=1S/C16H23N5O2/c1-5-13-11(8-21(4)20-13)7-17-16(22)15-12-6-9(2)23-10(3)14(12)18-19-15/h8-10H,5-7H2,1-4H3,(H,17,22)(H,18,19)/t9-,10+/m0/s1. The molecule has 2 aromatic heterocycles. The van der Waals surface area contributed by atoms with Crippen LogP contribution in [0.3, 0.4) is 0 Å². The van der Waals surface area contributed by atoms with Gasteiger partial charge in [-0.15, -0.1) is 0 Å². The van der Waals surface area contributed by atoms with Crippen molar-refractivity contribution in [2.45, 2.75) is 52.4 Å². The van der Waals surface area contributed by atoms with Crippen LogP contribution in [0.5, 0.6) is 0 Å². The zero-order valence-corrected chi connectivity index (χ0v) is 14.0. The molecule has 7 nitrogen and oxygen atoms in total. The van der Waals surface area contributed by atoms with Gasteiger partial charge in [0.2, 0.25) is 0 Å². The first-order valence-corrected chi connectivity index (χ1v) is 8.01. The van der Waals surface area contributed by atoms with Gasteiger partial charge in [-0.2, -0.15) is 10.2 Å². The summed E-state index contributed by atoms with van der Waals surface area (Å²) in [6, 6.07) is 0. The molecule has 2 atom stereocenters. The number of nitrogens with zero attached hydrogens (tertiary/aromatic N) is 3. The second kappa shape index (κ2) is 6.16. The van der Waals surface area contributed by atoms with Gasteiger partial charge in [-0.25, -0.2) is 0 Å². The van der Waals surface area contributed by atoms with E-state index in [9.17, 15) is 4.79 Å². The average molecular weight is 317 g/mol. The molecule has 2 N–H and O–H groups in total. The van der Waals surface area contributed by atoms with E-state index < -0.39 is 0 Å². The lowest BCUT2D eigenvalue weighted by atomic mass is 9.99. The zero-order valence-electron chi connectivity index (χ0n) is 14.0. The van der Waals surface area contributed by atoms with Gasteiger partial charge < -0.3 is 10.1 Å². The van der Waals surface area contributed by atoms with Crippen molar-refractivity contribution in [3.63, 3.8) is 0 Å². The van der Waals surface area contributed by atoms with Gasteiger partial charge in [0, 0.05) is 37.3 Å². The Balaban J connectivity index is 1.74. The number of rotatable bonds is 4. The summed E-state index contributed by atoms with van der Waals surface area (Å²) in [6.45, 7) is 6.49. The van der Waals surface area contributed by atoms with Crippen LogP contribution in [-0.4, -0.2) is 32.0 Å². The summed E-state index contributed by atoms with van der Waals surface area (Å²) in [4.78, 5) is 12.5. The quantitative estimate of drug-likeness (QED) is 0.898. The molecule has 3 rings (SSSR count). The Kier molecular flexibility index (Phi) is 4.21. The Hall–Kier alpha value is -2.15. The van der Waals surface area contributed by atoms with E-state index in [0.29, 0.717) is 18.7 Å². The smallest absolute Gasteiger partial charge is 0.272 e. The molecule has 23 heavy (non-hydrogen) atoms. The van der Waals surface area contributed by atoms with E-state index >= 15 is 0 Å². The number of nitrogens with one attached hydrogen (secondary N) is 2. The minimum absolute atomic E-state index is 0.0622. The van der Waals surface area contributed by atoms with E-state index in [1.54, 1.807) is 4.68 Å². The summed E-state index contributed by atoms with van der Waals surface area (Å²) in [5.41, 5.74) is 4.40. The summed E-state index contributed by atoms with van der Waals surface area (Å²) >= 11 is 0. The number of aromatic nitrogens is 4. The fourth-order valence-electron chi connectivity index (χ4n) is 3.15. The lowest BCUT2D eigenvalue weighted by Gasteiger charge is -2.25. The predicted molar refractivity (Wildman–Crippen MR) is 85.0 cm³/mol. The highest BCUT2D eigenvalue weighted by Crippen LogP contribution is 2.30. The lowest BCUT2D eigenvalue weighted by Crippen LogP contribution is -2.27. The molecule has 0 bridgehead atoms. The number of fused-ring (bicyclic) bond motifs is 1. The molecule has 3 heterocycles. The molecule has 2 aromatic rings. The maximum absolute atomic E-state index is 12.5. The fourth-order valence-corrected chi connectivity index (χ4v) is 3.15. The van der Waals surface area contributed by atoms with E-state index in [0.717, 1.165) is 28.9 Å². The van der Waals surface area contributed by atoms with Crippen LogP contribution in [0.2, 0.25) is 0 Å². The molecule has 0 spiro atoms. The van der Waals surface area contributed by atoms with Crippen LogP contribution < -0.4 is 5.32 Å². The summed E-state index contributed by atoms with van der Waals surface area (Å²) in [5.74, 6) is -0.158. The number of carbonyl (C=O) groups is 1. The van der Waals surface area contributed by atoms with E-state index in [1.165, 1.54) is 0 Å². The molecule has 1 aliphatic heterocycles. The predicted octanol–water partition coefficient (Wildman–Crippen LogP) is 1.66. The van der Waals surface area contributed by atoms with Gasteiger partial charge in [0.1, 0.15) is 0 Å². The Bertz CT molecular complexity index is 718. The largest absolute Gasteiger partial charge is 0.369 e. The Morgan fingerprint density at radius 1 is 1.52 bits per heavy atom. The molecular formula is C16H23N5O2. The number of ether oxygens (including phenoxy) is 1. The fraction of sp³-hybridized carbons (Fsp3) is 0.562. The second-order valence-corrected chi connectivity index (χ2v) is 6.07. The van der Waals surface area contributed by atoms with Crippen LogP contribution in [0.15, 0.2) is 6.20 Å². The van der Waals surface area contributed by atoms with Crippen LogP contribution in [0.1, 0.15) is 59.9 Å². The number of carbonyl (C=O) groups excluding carboxylic acids is 1. The normalized spacial score (nSPS) is 20.3. The van der Waals surface area contributed by atoms with Crippen LogP contribution in [0, 0.1) is 0 Å². The first-order valence-electron chi connectivity index (χ1n) is 8.01. The van der Waals surface area contributed by atoms with Crippen molar-refractivity contribution in [3.05, 3.63) is 34.4 Å². The van der Waals surface area contributed by atoms with Crippen LogP contribution in [-0.2, 0) is 31.2 Å². The van der Waals surface area contributed by atoms with Crippen molar-refractivity contribution in [2.75, 3.05) is 0 Å². The van der Waals surface area contributed by atoms with Gasteiger partial charge in [-0.1, -0.05) is 6.92 Å². The third-order valence-electron chi connectivity index (χ3n) is 4.21. The van der Waals surface area contributed by atoms with E-state index in [2.05, 4.69) is 27.5 Å². The molecule has 0 saturated heterocycles. The monoisotopic (exact) mass is 317 g/mol. The van der Waals surface area contributed by atoms with E-state index in [-0.39, 0.29) is 18.1 Å². The topological polar surface area (TPSA) is 84.8 Å². The Labute approximate surface area is 135 Å². The van der Waals surface area contributed by atoms with Gasteiger partial charge in [0.25, 0.3) is 5.91 Å². The van der Waals surface area contributed by atoms with E-state index in [4.69, 9.17) is 4.74 Å². The van der Waals surface area contributed by atoms with Crippen molar-refractivity contribution >= 4 is 5.91 Å². The SMILES string of the molecule is CCc1nn(C)cc1CNC(=O)c1n[nH]c2c1C[C@H](C)O[C@@H]2C. The number of H-pyrrole nitrogens is 1. The first-order chi connectivity index (χ1) is 11.0. The summed E-state index contributed by atoms with van der Waals surface area (Å²) in [7, 11) is 1.89. The van der Waals surface area contributed by atoms with Gasteiger partial charge in [0.15, 0.2) is 5.69 Å². The summed E-state index contributed by atoms with van der Waals surface area (Å²) in [6.07, 6.45) is 3.51. The van der Waals surface area contributed by atoms with Crippen LogP contribution in [0.4, 0.5) is 0 Å². The molecular weight excluding hydrogens is 294 g/mol. The number of amides is 1. The molecule has 7 heteroatoms. The number of aryl methyl sites for hydroxylation is 2. The van der Waals surface area contributed by atoms with E-state index in [1.807, 2.05) is 27.1 Å². The van der Waals surface area contributed by atoms with Gasteiger partial charge in [-0.3, -0.25) is 14.6 Å². The van der Waals surface area contributed by atoms with Crippen molar-refractivity contribution in [1.29, 1.82) is 0 Å². The Morgan fingerprint density at radius 3 is 3.04 bits per heavy atom. The number of aromatic amines is 1. The second-order valence-electron chi connectivity index (χ2n) is 6.07. The van der Waals surface area contributed by atoms with Gasteiger partial charge >= 0.3 is 0 Å². The average Bonchev–Trinajstić information content (AvgIpc) is 3.08. The molecule has 0 fully saturated rings. The highest BCUT2D eigenvalue weighted by atomic mass is 16.5. The van der Waals surface area contributed by atoms with Gasteiger partial charge in [0.05, 0.1) is 23.6 Å². The molecule has 0 aromatic carbocycles. The molecule has 0 radical (unpaired) electrons. The maximum atomic E-state index is 12.5. The first kappa shape index (κ1) is 15.7. The van der Waals surface area contributed by atoms with Crippen molar-refractivity contribution in [3.8, 4) is 0 Å². The molecule has 0 aliphatic carbocycles. The van der Waals surface area contributed by atoms with Crippen LogP contribution in [0.25, 0.3) is 0 Å². The summed E-state index contributed by atoms with van der Waals surface area (Å²) < 4.78 is 7.53. The zero-order chi connectivity index (χ0) is 16.6. The molecule has 124 valence electrons. The minimum Gasteiger partial charge on any atom is -0.369 e. The molecule has 1 aliphatic rings. The third-order valence-corrected chi connectivity index (χ3v) is 4.21. The van der Waals surface area contributed by atoms with Crippen molar-refractivity contribution < 1.29 is 9.53 Å². The number of hydrogen-bond donors (Lipinski definition) is 2. The molecule has 0 saturated carbocycles. The Morgan fingerprint density at radius 2 is 2.30 bits per heavy atom. The summed E-state index contributed by atoms with van der Waals surface area (Å²) in [5, 5.41) is 14.5. The highest BCUT2D eigenvalue weighted by Gasteiger charge is 2.29. The lowest BCUT2D eigenvalue weighted by molar-refractivity contribution is -0.00697. The van der Waals surface area contributed by atoms with Crippen LogP contribution >= 0.6 is 0 Å². The van der Waals surface area contributed by atoms with Crippen molar-refractivity contribution in [2.24, 2.45) is 7.05 Å². The molecule has 1 amide bonds. The molecule has 0 unspecified atom stereocenters. The minimum atomic E-state index is -0.158. The maximum Gasteiger partial charge on any atom is 0.272 e. The number of hydrogen-bond acceptors (Lipinski definition) is 4.